The molecule has 0 fully saturated rings. The van der Waals surface area contributed by atoms with Gasteiger partial charge in [-0.05, 0) is 27.7 Å². The average Bonchev–Trinajstić information content (AvgIpc) is 1.96. The van der Waals surface area contributed by atoms with Crippen molar-refractivity contribution in [2.75, 3.05) is 13.1 Å². The van der Waals surface area contributed by atoms with E-state index in [1.165, 1.54) is 0 Å². The van der Waals surface area contributed by atoms with E-state index in [0.717, 1.165) is 6.54 Å². The van der Waals surface area contributed by atoms with Gasteiger partial charge >= 0.3 is 0 Å². The van der Waals surface area contributed by atoms with Crippen LogP contribution in [0.3, 0.4) is 0 Å². The van der Waals surface area contributed by atoms with Crippen LogP contribution in [0.25, 0.3) is 0 Å². The fraction of sp³-hybridized carbons (Fsp3) is 0.800. The standard InChI is InChI=1S/C10H22N2/c1-6-7-12(9(2)8-11)10(3,4)5/h6,9H,1,7-8,11H2,2-5H3. The van der Waals surface area contributed by atoms with E-state index in [-0.39, 0.29) is 5.54 Å². The molecule has 0 aliphatic heterocycles. The second-order valence-electron chi connectivity index (χ2n) is 4.20. The highest BCUT2D eigenvalue weighted by Crippen LogP contribution is 2.15. The van der Waals surface area contributed by atoms with Crippen molar-refractivity contribution in [3.63, 3.8) is 0 Å². The topological polar surface area (TPSA) is 29.3 Å². The number of hydrogen-bond acceptors (Lipinski definition) is 2. The van der Waals surface area contributed by atoms with Gasteiger partial charge in [-0.2, -0.15) is 0 Å². The van der Waals surface area contributed by atoms with Crippen LogP contribution in [0.1, 0.15) is 27.7 Å². The first-order chi connectivity index (χ1) is 5.43. The van der Waals surface area contributed by atoms with E-state index in [2.05, 4.69) is 39.2 Å². The van der Waals surface area contributed by atoms with E-state index in [0.29, 0.717) is 12.6 Å². The van der Waals surface area contributed by atoms with Crippen molar-refractivity contribution in [2.45, 2.75) is 39.3 Å². The molecule has 0 aliphatic carbocycles. The van der Waals surface area contributed by atoms with Crippen molar-refractivity contribution in [1.29, 1.82) is 0 Å². The summed E-state index contributed by atoms with van der Waals surface area (Å²) in [6.45, 7) is 14.1. The largest absolute Gasteiger partial charge is 0.329 e. The molecule has 0 aromatic heterocycles. The summed E-state index contributed by atoms with van der Waals surface area (Å²) in [6, 6.07) is 0.419. The minimum Gasteiger partial charge on any atom is -0.329 e. The molecule has 0 saturated heterocycles. The van der Waals surface area contributed by atoms with Gasteiger partial charge in [0.2, 0.25) is 0 Å². The Hall–Kier alpha value is -0.340. The van der Waals surface area contributed by atoms with Gasteiger partial charge in [-0.15, -0.1) is 6.58 Å². The lowest BCUT2D eigenvalue weighted by molar-refractivity contribution is 0.110. The zero-order valence-electron chi connectivity index (χ0n) is 8.80. The smallest absolute Gasteiger partial charge is 0.0198 e. The normalized spacial score (nSPS) is 14.8. The zero-order chi connectivity index (χ0) is 9.78. The lowest BCUT2D eigenvalue weighted by atomic mass is 10.0. The first kappa shape index (κ1) is 11.7. The minimum absolute atomic E-state index is 0.174. The molecular formula is C10H22N2. The van der Waals surface area contributed by atoms with Crippen LogP contribution in [0, 0.1) is 0 Å². The van der Waals surface area contributed by atoms with Crippen molar-refractivity contribution < 1.29 is 0 Å². The van der Waals surface area contributed by atoms with Gasteiger partial charge < -0.3 is 5.73 Å². The number of rotatable bonds is 4. The van der Waals surface area contributed by atoms with Crippen LogP contribution in [-0.4, -0.2) is 29.6 Å². The van der Waals surface area contributed by atoms with Crippen molar-refractivity contribution in [1.82, 2.24) is 4.90 Å². The van der Waals surface area contributed by atoms with Crippen LogP contribution in [0.2, 0.25) is 0 Å². The van der Waals surface area contributed by atoms with E-state index in [4.69, 9.17) is 5.73 Å². The van der Waals surface area contributed by atoms with Gasteiger partial charge in [0, 0.05) is 24.7 Å². The molecule has 1 atom stereocenters. The van der Waals surface area contributed by atoms with Crippen LogP contribution < -0.4 is 5.73 Å². The Labute approximate surface area is 76.4 Å². The Morgan fingerprint density at radius 3 is 2.25 bits per heavy atom. The van der Waals surface area contributed by atoms with E-state index in [9.17, 15) is 0 Å². The number of hydrogen-bond donors (Lipinski definition) is 1. The molecular weight excluding hydrogens is 148 g/mol. The Kier molecular flexibility index (Phi) is 4.50. The molecule has 0 rings (SSSR count). The molecule has 0 amide bonds. The highest BCUT2D eigenvalue weighted by molar-refractivity contribution is 4.86. The summed E-state index contributed by atoms with van der Waals surface area (Å²) in [5.41, 5.74) is 5.80. The fourth-order valence-corrected chi connectivity index (χ4v) is 1.38. The minimum atomic E-state index is 0.174. The average molecular weight is 170 g/mol. The Morgan fingerprint density at radius 1 is 1.50 bits per heavy atom. The molecule has 2 N–H and O–H groups in total. The maximum absolute atomic E-state index is 5.62. The van der Waals surface area contributed by atoms with E-state index < -0.39 is 0 Å². The molecule has 0 aromatic carbocycles. The molecule has 0 aromatic rings. The van der Waals surface area contributed by atoms with Gasteiger partial charge in [0.05, 0.1) is 0 Å². The molecule has 2 heteroatoms. The third-order valence-corrected chi connectivity index (χ3v) is 2.06. The lowest BCUT2D eigenvalue weighted by Gasteiger charge is -2.39. The summed E-state index contributed by atoms with van der Waals surface area (Å²) in [5.74, 6) is 0. The van der Waals surface area contributed by atoms with Gasteiger partial charge in [0.15, 0.2) is 0 Å². The molecule has 2 nitrogen and oxygen atoms in total. The molecule has 0 radical (unpaired) electrons. The Morgan fingerprint density at radius 2 is 2.00 bits per heavy atom. The second kappa shape index (κ2) is 4.63. The molecule has 12 heavy (non-hydrogen) atoms. The molecule has 1 unspecified atom stereocenters. The molecule has 0 aliphatic rings. The summed E-state index contributed by atoms with van der Waals surface area (Å²) in [6.07, 6.45) is 1.93. The maximum atomic E-state index is 5.62. The number of nitrogens with zero attached hydrogens (tertiary/aromatic N) is 1. The van der Waals surface area contributed by atoms with Gasteiger partial charge in [0.25, 0.3) is 0 Å². The molecule has 0 saturated carbocycles. The van der Waals surface area contributed by atoms with Crippen molar-refractivity contribution in [3.05, 3.63) is 12.7 Å². The van der Waals surface area contributed by atoms with Gasteiger partial charge in [-0.25, -0.2) is 0 Å². The van der Waals surface area contributed by atoms with Crippen molar-refractivity contribution in [3.8, 4) is 0 Å². The van der Waals surface area contributed by atoms with Crippen LogP contribution >= 0.6 is 0 Å². The monoisotopic (exact) mass is 170 g/mol. The number of nitrogens with two attached hydrogens (primary N) is 1. The van der Waals surface area contributed by atoms with Crippen molar-refractivity contribution >= 4 is 0 Å². The second-order valence-corrected chi connectivity index (χ2v) is 4.20. The third kappa shape index (κ3) is 3.37. The summed E-state index contributed by atoms with van der Waals surface area (Å²) in [7, 11) is 0. The Balaban J connectivity index is 4.31. The lowest BCUT2D eigenvalue weighted by Crippen LogP contribution is -2.49. The summed E-state index contributed by atoms with van der Waals surface area (Å²) in [4.78, 5) is 2.35. The highest BCUT2D eigenvalue weighted by atomic mass is 15.2. The van der Waals surface area contributed by atoms with Crippen molar-refractivity contribution in [2.24, 2.45) is 5.73 Å². The highest BCUT2D eigenvalue weighted by Gasteiger charge is 2.23. The van der Waals surface area contributed by atoms with Crippen LogP contribution in [0.5, 0.6) is 0 Å². The maximum Gasteiger partial charge on any atom is 0.0198 e. The third-order valence-electron chi connectivity index (χ3n) is 2.06. The van der Waals surface area contributed by atoms with Crippen LogP contribution in [0.4, 0.5) is 0 Å². The molecule has 0 heterocycles. The van der Waals surface area contributed by atoms with E-state index in [1.807, 2.05) is 6.08 Å². The predicted octanol–water partition coefficient (Wildman–Crippen LogP) is 1.62. The van der Waals surface area contributed by atoms with E-state index in [1.54, 1.807) is 0 Å². The first-order valence-electron chi connectivity index (χ1n) is 4.51. The zero-order valence-corrected chi connectivity index (χ0v) is 8.80. The molecule has 72 valence electrons. The van der Waals surface area contributed by atoms with Gasteiger partial charge in [0.1, 0.15) is 0 Å². The van der Waals surface area contributed by atoms with Crippen LogP contribution in [-0.2, 0) is 0 Å². The predicted molar refractivity (Wildman–Crippen MR) is 55.2 cm³/mol. The molecule has 0 bridgehead atoms. The summed E-state index contributed by atoms with van der Waals surface area (Å²) < 4.78 is 0. The van der Waals surface area contributed by atoms with Crippen LogP contribution in [0.15, 0.2) is 12.7 Å². The summed E-state index contributed by atoms with van der Waals surface area (Å²) in [5, 5.41) is 0. The Bertz CT molecular complexity index is 135. The quantitative estimate of drug-likeness (QED) is 0.650. The van der Waals surface area contributed by atoms with Gasteiger partial charge in [-0.3, -0.25) is 4.90 Å². The van der Waals surface area contributed by atoms with Gasteiger partial charge in [-0.1, -0.05) is 6.08 Å². The summed E-state index contributed by atoms with van der Waals surface area (Å²) >= 11 is 0. The SMILES string of the molecule is C=CCN(C(C)CN)C(C)(C)C. The fourth-order valence-electron chi connectivity index (χ4n) is 1.38. The molecule has 0 spiro atoms. The van der Waals surface area contributed by atoms with E-state index >= 15 is 0 Å². The first-order valence-corrected chi connectivity index (χ1v) is 4.51.